The largest absolute Gasteiger partial charge is 0.322 e. The molecule has 1 amide bonds. The predicted molar refractivity (Wildman–Crippen MR) is 159 cm³/mol. The summed E-state index contributed by atoms with van der Waals surface area (Å²) in [6.07, 6.45) is 1.54. The van der Waals surface area contributed by atoms with Crippen LogP contribution in [0.25, 0.3) is 38.1 Å². The molecule has 41 heavy (non-hydrogen) atoms. The lowest BCUT2D eigenvalue weighted by Crippen LogP contribution is -2.12. The monoisotopic (exact) mass is 562 g/mol. The summed E-state index contributed by atoms with van der Waals surface area (Å²) in [6.45, 7) is 0. The summed E-state index contributed by atoms with van der Waals surface area (Å²) in [6, 6.07) is 33.1. The van der Waals surface area contributed by atoms with Gasteiger partial charge >= 0.3 is 0 Å². The third-order valence-electron chi connectivity index (χ3n) is 6.56. The van der Waals surface area contributed by atoms with E-state index in [9.17, 15) is 18.0 Å². The zero-order chi connectivity index (χ0) is 28.6. The number of rotatable bonds is 3. The van der Waals surface area contributed by atoms with Gasteiger partial charge in [0.25, 0.3) is 21.6 Å². The maximum atomic E-state index is 12.7. The number of carbonyl (C=O) groups excluding carboxylic acids is 1. The maximum absolute atomic E-state index is 12.7. The van der Waals surface area contributed by atoms with Crippen molar-refractivity contribution in [1.82, 2.24) is 14.6 Å². The molecule has 0 aliphatic heterocycles. The Hall–Kier alpha value is -5.32. The molecule has 3 N–H and O–H groups in total. The zero-order valence-corrected chi connectivity index (χ0v) is 22.2. The van der Waals surface area contributed by atoms with Crippen LogP contribution in [0.1, 0.15) is 10.4 Å². The van der Waals surface area contributed by atoms with E-state index in [1.54, 1.807) is 0 Å². The first-order valence-electron chi connectivity index (χ1n) is 12.5. The van der Waals surface area contributed by atoms with Crippen molar-refractivity contribution in [3.05, 3.63) is 131 Å². The first-order valence-corrected chi connectivity index (χ1v) is 14.0. The lowest BCUT2D eigenvalue weighted by atomic mass is 9.99. The van der Waals surface area contributed by atoms with Crippen LogP contribution in [0.4, 0.5) is 5.69 Å². The number of hydrogen-bond acceptors (Lipinski definition) is 5. The minimum atomic E-state index is -4.25. The van der Waals surface area contributed by atoms with Crippen LogP contribution < -0.4 is 10.9 Å². The number of fused-ring (bicyclic) bond motifs is 4. The molecule has 0 radical (unpaired) electrons. The second kappa shape index (κ2) is 10.3. The summed E-state index contributed by atoms with van der Waals surface area (Å²) < 4.78 is 32.4. The number of hydrogen-bond donors (Lipinski definition) is 3. The summed E-state index contributed by atoms with van der Waals surface area (Å²) in [4.78, 5) is 27.8. The molecule has 10 heteroatoms. The molecule has 0 aliphatic rings. The van der Waals surface area contributed by atoms with Crippen LogP contribution in [0.2, 0.25) is 0 Å². The number of aromatic amines is 1. The molecule has 9 nitrogen and oxygen atoms in total. The molecule has 7 rings (SSSR count). The van der Waals surface area contributed by atoms with Gasteiger partial charge < -0.3 is 5.32 Å². The summed E-state index contributed by atoms with van der Waals surface area (Å²) in [5.74, 6) is -0.0860. The van der Waals surface area contributed by atoms with Crippen LogP contribution >= 0.6 is 0 Å². The number of nitrogens with one attached hydrogen (secondary N) is 2. The van der Waals surface area contributed by atoms with Gasteiger partial charge in [-0.1, -0.05) is 54.6 Å². The Morgan fingerprint density at radius 3 is 2.24 bits per heavy atom. The van der Waals surface area contributed by atoms with Gasteiger partial charge in [-0.2, -0.15) is 8.42 Å². The molecule has 0 saturated heterocycles. The number of nitrogens with zero attached hydrogens (tertiary/aromatic N) is 2. The van der Waals surface area contributed by atoms with Gasteiger partial charge in [-0.3, -0.25) is 19.2 Å². The van der Waals surface area contributed by atoms with E-state index >= 15 is 0 Å². The molecule has 0 bridgehead atoms. The van der Waals surface area contributed by atoms with Gasteiger partial charge in [0.15, 0.2) is 5.65 Å². The molecular formula is C31H22N4O5S. The van der Waals surface area contributed by atoms with Crippen LogP contribution in [0.15, 0.2) is 125 Å². The van der Waals surface area contributed by atoms with Gasteiger partial charge in [-0.25, -0.2) is 9.50 Å². The van der Waals surface area contributed by atoms with Gasteiger partial charge in [0.05, 0.1) is 10.4 Å². The minimum Gasteiger partial charge on any atom is -0.322 e. The Morgan fingerprint density at radius 1 is 0.780 bits per heavy atom. The van der Waals surface area contributed by atoms with E-state index in [0.29, 0.717) is 22.1 Å². The van der Waals surface area contributed by atoms with E-state index in [0.717, 1.165) is 21.8 Å². The van der Waals surface area contributed by atoms with Crippen molar-refractivity contribution < 1.29 is 17.8 Å². The highest BCUT2D eigenvalue weighted by molar-refractivity contribution is 7.85. The number of amides is 1. The van der Waals surface area contributed by atoms with Crippen molar-refractivity contribution >= 4 is 59.8 Å². The van der Waals surface area contributed by atoms with Crippen molar-refractivity contribution in [3.8, 4) is 0 Å². The molecule has 0 fully saturated rings. The summed E-state index contributed by atoms with van der Waals surface area (Å²) >= 11 is 0. The normalized spacial score (nSPS) is 11.4. The van der Waals surface area contributed by atoms with Crippen molar-refractivity contribution in [3.63, 3.8) is 0 Å². The molecule has 2 aromatic heterocycles. The van der Waals surface area contributed by atoms with Gasteiger partial charge in [0.2, 0.25) is 0 Å². The van der Waals surface area contributed by atoms with E-state index in [2.05, 4.69) is 39.7 Å². The molecule has 2 heterocycles. The first kappa shape index (κ1) is 25.9. The topological polar surface area (TPSA) is 134 Å². The standard InChI is InChI=1S/C21H15NO.C10H7N3O4S/c23-21(22-18-10-2-1-3-11-18)19-12-6-9-17-13-15-7-4-5-8-16(15)14-20(17)19;14-10-4-9-11-8-2-1-7(18(15,16)17)3-6(8)5-13(9)12-10/h1-14H,(H,22,23);1-5H,(H,12,14)(H,15,16,17). The molecule has 0 unspecified atom stereocenters. The fraction of sp³-hybridized carbons (Fsp3) is 0. The number of benzene rings is 5. The second-order valence-corrected chi connectivity index (χ2v) is 10.8. The number of carbonyl (C=O) groups is 1. The van der Waals surface area contributed by atoms with Crippen molar-refractivity contribution in [2.45, 2.75) is 4.90 Å². The molecule has 0 aliphatic carbocycles. The summed E-state index contributed by atoms with van der Waals surface area (Å²) in [5, 5.41) is 10.3. The SMILES string of the molecule is O=C(Nc1ccccc1)c1cccc2cc3ccccc3cc12.O=c1cc2nc3ccc(S(=O)(=O)O)cc3cn2[nH]1. The summed E-state index contributed by atoms with van der Waals surface area (Å²) in [7, 11) is -4.25. The van der Waals surface area contributed by atoms with Crippen molar-refractivity contribution in [2.75, 3.05) is 5.32 Å². The Morgan fingerprint density at radius 2 is 1.49 bits per heavy atom. The van der Waals surface area contributed by atoms with Gasteiger partial charge in [0, 0.05) is 28.9 Å². The van der Waals surface area contributed by atoms with E-state index in [1.807, 2.05) is 60.7 Å². The minimum absolute atomic E-state index is 0.0860. The van der Waals surface area contributed by atoms with E-state index in [1.165, 1.54) is 40.4 Å². The molecule has 0 atom stereocenters. The lowest BCUT2D eigenvalue weighted by molar-refractivity contribution is 0.102. The zero-order valence-electron chi connectivity index (χ0n) is 21.4. The highest BCUT2D eigenvalue weighted by Crippen LogP contribution is 2.26. The molecule has 0 saturated carbocycles. The van der Waals surface area contributed by atoms with Gasteiger partial charge in [0.1, 0.15) is 0 Å². The van der Waals surface area contributed by atoms with Gasteiger partial charge in [-0.15, -0.1) is 0 Å². The van der Waals surface area contributed by atoms with Crippen LogP contribution in [0, 0.1) is 0 Å². The van der Waals surface area contributed by atoms with Crippen LogP contribution in [0.3, 0.4) is 0 Å². The lowest BCUT2D eigenvalue weighted by Gasteiger charge is -2.09. The number of aromatic nitrogens is 3. The van der Waals surface area contributed by atoms with E-state index in [-0.39, 0.29) is 16.4 Å². The smallest absolute Gasteiger partial charge is 0.294 e. The highest BCUT2D eigenvalue weighted by atomic mass is 32.2. The number of para-hydroxylation sites is 1. The van der Waals surface area contributed by atoms with E-state index < -0.39 is 10.1 Å². The Labute approximate surface area is 233 Å². The van der Waals surface area contributed by atoms with E-state index in [4.69, 9.17) is 4.55 Å². The Kier molecular flexibility index (Phi) is 6.54. The highest BCUT2D eigenvalue weighted by Gasteiger charge is 2.12. The molecule has 0 spiro atoms. The first-order chi connectivity index (χ1) is 19.7. The fourth-order valence-electron chi connectivity index (χ4n) is 4.63. The predicted octanol–water partition coefficient (Wildman–Crippen LogP) is 5.67. The molecule has 5 aromatic carbocycles. The average Bonchev–Trinajstić information content (AvgIpc) is 3.33. The van der Waals surface area contributed by atoms with Crippen LogP contribution in [-0.2, 0) is 10.1 Å². The average molecular weight is 563 g/mol. The van der Waals surface area contributed by atoms with Crippen LogP contribution in [0.5, 0.6) is 0 Å². The van der Waals surface area contributed by atoms with Crippen LogP contribution in [-0.4, -0.2) is 33.5 Å². The number of H-pyrrole nitrogens is 1. The van der Waals surface area contributed by atoms with Gasteiger partial charge in [-0.05, 0) is 70.1 Å². The molecule has 202 valence electrons. The molecular weight excluding hydrogens is 540 g/mol. The Balaban J connectivity index is 0.000000152. The maximum Gasteiger partial charge on any atom is 0.294 e. The van der Waals surface area contributed by atoms with Crippen molar-refractivity contribution in [1.29, 1.82) is 0 Å². The third-order valence-corrected chi connectivity index (χ3v) is 7.41. The molecule has 7 aromatic rings. The van der Waals surface area contributed by atoms with Crippen molar-refractivity contribution in [2.24, 2.45) is 0 Å². The second-order valence-electron chi connectivity index (χ2n) is 9.33. The fourth-order valence-corrected chi connectivity index (χ4v) is 5.14. The quantitative estimate of drug-likeness (QED) is 0.188. The Bertz CT molecular complexity index is 2260. The number of anilines is 1. The summed E-state index contributed by atoms with van der Waals surface area (Å²) in [5.41, 5.74) is 2.16. The third kappa shape index (κ3) is 5.42.